The molecule has 0 spiro atoms. The number of nitrogens with zero attached hydrogens (tertiary/aromatic N) is 1. The van der Waals surface area contributed by atoms with Gasteiger partial charge in [0, 0.05) is 12.6 Å². The van der Waals surface area contributed by atoms with Gasteiger partial charge in [-0.1, -0.05) is 0 Å². The lowest BCUT2D eigenvalue weighted by molar-refractivity contribution is 0.414. The summed E-state index contributed by atoms with van der Waals surface area (Å²) in [7, 11) is 3.52. The Morgan fingerprint density at radius 2 is 2.60 bits per heavy atom. The summed E-state index contributed by atoms with van der Waals surface area (Å²) in [4.78, 5) is 12.0. The van der Waals surface area contributed by atoms with Crippen LogP contribution in [0.4, 0.5) is 0 Å². The SMILES string of the molecule is CN([B]C=O)[C@H]1CCNC1. The van der Waals surface area contributed by atoms with Crippen molar-refractivity contribution >= 4 is 13.6 Å². The van der Waals surface area contributed by atoms with E-state index in [1.165, 1.54) is 0 Å². The van der Waals surface area contributed by atoms with Crippen LogP contribution in [0.15, 0.2) is 0 Å². The molecule has 0 bridgehead atoms. The lowest BCUT2D eigenvalue weighted by Crippen LogP contribution is -2.36. The first-order valence-corrected chi connectivity index (χ1v) is 3.56. The van der Waals surface area contributed by atoms with Gasteiger partial charge in [0.1, 0.15) is 0 Å². The highest BCUT2D eigenvalue weighted by Crippen LogP contribution is 2.03. The molecule has 1 radical (unpaired) electrons. The zero-order valence-corrected chi connectivity index (χ0v) is 6.21. The molecule has 0 amide bonds. The number of carbonyl (C=O) groups is 1. The fourth-order valence-electron chi connectivity index (χ4n) is 1.20. The Morgan fingerprint density at radius 1 is 1.80 bits per heavy atom. The van der Waals surface area contributed by atoms with Crippen LogP contribution < -0.4 is 5.32 Å². The standard InChI is InChI=1S/C6H12BN2O/c1-9(7-5-10)6-2-3-8-4-6/h5-6,8H,2-4H2,1H3/t6-/m0/s1. The van der Waals surface area contributed by atoms with E-state index in [9.17, 15) is 4.79 Å². The van der Waals surface area contributed by atoms with Crippen LogP contribution in [0.2, 0.25) is 0 Å². The van der Waals surface area contributed by atoms with Crippen molar-refractivity contribution in [2.24, 2.45) is 0 Å². The van der Waals surface area contributed by atoms with Gasteiger partial charge in [0.05, 0.1) is 6.19 Å². The average molecular weight is 139 g/mol. The number of hydrogen-bond donors (Lipinski definition) is 1. The molecular weight excluding hydrogens is 127 g/mol. The molecule has 4 heteroatoms. The van der Waals surface area contributed by atoms with E-state index in [1.54, 1.807) is 7.41 Å². The Labute approximate surface area is 62.0 Å². The van der Waals surface area contributed by atoms with Crippen LogP contribution in [-0.4, -0.2) is 44.6 Å². The third kappa shape index (κ3) is 1.82. The number of rotatable bonds is 3. The van der Waals surface area contributed by atoms with Gasteiger partial charge in [-0.3, -0.25) is 0 Å². The van der Waals surface area contributed by atoms with E-state index in [-0.39, 0.29) is 0 Å². The van der Waals surface area contributed by atoms with Gasteiger partial charge in [-0.05, 0) is 20.0 Å². The van der Waals surface area contributed by atoms with E-state index >= 15 is 0 Å². The molecule has 0 aliphatic carbocycles. The van der Waals surface area contributed by atoms with Gasteiger partial charge < -0.3 is 14.9 Å². The number of carbonyl (C=O) groups excluding carboxylic acids is 1. The van der Waals surface area contributed by atoms with Crippen molar-refractivity contribution in [1.29, 1.82) is 0 Å². The van der Waals surface area contributed by atoms with Gasteiger partial charge in [0.25, 0.3) is 7.41 Å². The molecule has 0 unspecified atom stereocenters. The molecule has 1 fully saturated rings. The molecule has 1 aliphatic heterocycles. The summed E-state index contributed by atoms with van der Waals surface area (Å²) in [6.07, 6.45) is 1.97. The Morgan fingerprint density at radius 3 is 3.10 bits per heavy atom. The molecular formula is C6H12BN2O. The summed E-state index contributed by atoms with van der Waals surface area (Å²) in [5, 5.41) is 3.23. The van der Waals surface area contributed by atoms with Gasteiger partial charge >= 0.3 is 0 Å². The quantitative estimate of drug-likeness (QED) is 0.405. The first-order chi connectivity index (χ1) is 4.84. The first-order valence-electron chi connectivity index (χ1n) is 3.56. The number of nitrogens with one attached hydrogen (secondary N) is 1. The third-order valence-electron chi connectivity index (χ3n) is 1.91. The molecule has 1 atom stereocenters. The molecule has 3 nitrogen and oxygen atoms in total. The molecule has 1 N–H and O–H groups in total. The summed E-state index contributed by atoms with van der Waals surface area (Å²) in [5.41, 5.74) is 0. The highest BCUT2D eigenvalue weighted by molar-refractivity contribution is 6.64. The lowest BCUT2D eigenvalue weighted by Gasteiger charge is -2.19. The minimum atomic E-state index is 0.519. The maximum Gasteiger partial charge on any atom is 0.293 e. The molecule has 1 aliphatic rings. The van der Waals surface area contributed by atoms with Crippen LogP contribution in [0.3, 0.4) is 0 Å². The van der Waals surface area contributed by atoms with E-state index in [4.69, 9.17) is 0 Å². The second-order valence-corrected chi connectivity index (χ2v) is 2.60. The summed E-state index contributed by atoms with van der Waals surface area (Å²) >= 11 is 0. The lowest BCUT2D eigenvalue weighted by atomic mass is 9.93. The largest absolute Gasteiger partial charge is 0.339 e. The maximum absolute atomic E-state index is 10.1. The fourth-order valence-corrected chi connectivity index (χ4v) is 1.20. The average Bonchev–Trinajstić information content (AvgIpc) is 2.38. The molecule has 0 aromatic heterocycles. The van der Waals surface area contributed by atoms with Gasteiger partial charge in [-0.25, -0.2) is 0 Å². The van der Waals surface area contributed by atoms with Crippen LogP contribution in [0, 0.1) is 0 Å². The maximum atomic E-state index is 10.1. The molecule has 1 saturated heterocycles. The second-order valence-electron chi connectivity index (χ2n) is 2.60. The Hall–Kier alpha value is -0.345. The normalized spacial score (nSPS) is 25.2. The first kappa shape index (κ1) is 7.76. The molecule has 55 valence electrons. The van der Waals surface area contributed by atoms with Crippen molar-refractivity contribution in [1.82, 2.24) is 10.1 Å². The highest BCUT2D eigenvalue weighted by Gasteiger charge is 2.18. The second kappa shape index (κ2) is 3.73. The predicted molar refractivity (Wildman–Crippen MR) is 41.5 cm³/mol. The Kier molecular flexibility index (Phi) is 2.90. The molecule has 1 heterocycles. The van der Waals surface area contributed by atoms with Gasteiger partial charge in [-0.15, -0.1) is 0 Å². The van der Waals surface area contributed by atoms with Crippen molar-refractivity contribution in [2.75, 3.05) is 20.1 Å². The fraction of sp³-hybridized carbons (Fsp3) is 0.833. The van der Waals surface area contributed by atoms with E-state index in [2.05, 4.69) is 5.32 Å². The highest BCUT2D eigenvalue weighted by atomic mass is 16.1. The van der Waals surface area contributed by atoms with Gasteiger partial charge in [-0.2, -0.15) is 0 Å². The van der Waals surface area contributed by atoms with E-state index in [0.29, 0.717) is 6.04 Å². The summed E-state index contributed by atoms with van der Waals surface area (Å²) in [6, 6.07) is 0.519. The van der Waals surface area contributed by atoms with E-state index < -0.39 is 0 Å². The van der Waals surface area contributed by atoms with Crippen molar-refractivity contribution in [2.45, 2.75) is 12.5 Å². The summed E-state index contributed by atoms with van der Waals surface area (Å²) in [5.74, 6) is 0. The van der Waals surface area contributed by atoms with Crippen LogP contribution in [0.25, 0.3) is 0 Å². The number of likely N-dealkylation sites (N-methyl/N-ethyl adjacent to an activating group) is 1. The molecule has 10 heavy (non-hydrogen) atoms. The third-order valence-corrected chi connectivity index (χ3v) is 1.91. The van der Waals surface area contributed by atoms with Gasteiger partial charge in [0.2, 0.25) is 0 Å². The van der Waals surface area contributed by atoms with Gasteiger partial charge in [0.15, 0.2) is 0 Å². The molecule has 0 aromatic rings. The Balaban J connectivity index is 2.24. The van der Waals surface area contributed by atoms with Crippen molar-refractivity contribution in [3.05, 3.63) is 0 Å². The number of hydrogen-bond acceptors (Lipinski definition) is 3. The monoisotopic (exact) mass is 139 g/mol. The minimum absolute atomic E-state index is 0.519. The van der Waals surface area contributed by atoms with Crippen molar-refractivity contribution in [3.63, 3.8) is 0 Å². The summed E-state index contributed by atoms with van der Waals surface area (Å²) in [6.45, 7) is 2.07. The smallest absolute Gasteiger partial charge is 0.293 e. The Bertz CT molecular complexity index is 114. The molecule has 1 rings (SSSR count). The van der Waals surface area contributed by atoms with Crippen molar-refractivity contribution in [3.8, 4) is 0 Å². The topological polar surface area (TPSA) is 32.3 Å². The van der Waals surface area contributed by atoms with Crippen molar-refractivity contribution < 1.29 is 4.79 Å². The van der Waals surface area contributed by atoms with Crippen LogP contribution in [0.5, 0.6) is 0 Å². The molecule has 0 saturated carbocycles. The van der Waals surface area contributed by atoms with Crippen LogP contribution >= 0.6 is 0 Å². The summed E-state index contributed by atoms with van der Waals surface area (Å²) < 4.78 is 0. The zero-order chi connectivity index (χ0) is 7.40. The van der Waals surface area contributed by atoms with Crippen LogP contribution in [-0.2, 0) is 4.79 Å². The minimum Gasteiger partial charge on any atom is -0.339 e. The molecule has 0 aromatic carbocycles. The predicted octanol–water partition coefficient (Wildman–Crippen LogP) is -0.910. The van der Waals surface area contributed by atoms with E-state index in [0.717, 1.165) is 25.7 Å². The van der Waals surface area contributed by atoms with Crippen LogP contribution in [0.1, 0.15) is 6.42 Å². The zero-order valence-electron chi connectivity index (χ0n) is 6.21. The van der Waals surface area contributed by atoms with E-state index in [1.807, 2.05) is 11.9 Å².